The molecule has 0 saturated heterocycles. The van der Waals surface area contributed by atoms with Gasteiger partial charge < -0.3 is 14.2 Å². The molecule has 0 spiro atoms. The van der Waals surface area contributed by atoms with Crippen molar-refractivity contribution < 1.29 is 23.8 Å². The van der Waals surface area contributed by atoms with Crippen LogP contribution in [-0.4, -0.2) is 51.2 Å². The van der Waals surface area contributed by atoms with Gasteiger partial charge >= 0.3 is 0 Å². The molecule has 0 aliphatic carbocycles. The van der Waals surface area contributed by atoms with Crippen LogP contribution in [0.15, 0.2) is 0 Å². The van der Waals surface area contributed by atoms with Crippen LogP contribution in [0.3, 0.4) is 0 Å². The van der Waals surface area contributed by atoms with Crippen molar-refractivity contribution >= 4 is 11.6 Å². The van der Waals surface area contributed by atoms with Gasteiger partial charge in [-0.05, 0) is 31.1 Å². The van der Waals surface area contributed by atoms with E-state index in [1.54, 1.807) is 0 Å². The number of hydrogen-bond acceptors (Lipinski definition) is 5. The van der Waals surface area contributed by atoms with Gasteiger partial charge in [-0.2, -0.15) is 0 Å². The lowest BCUT2D eigenvalue weighted by Crippen LogP contribution is -2.20. The molecule has 0 unspecified atom stereocenters. The summed E-state index contributed by atoms with van der Waals surface area (Å²) < 4.78 is 16.6. The third-order valence-corrected chi connectivity index (χ3v) is 4.67. The summed E-state index contributed by atoms with van der Waals surface area (Å²) in [6.45, 7) is 16.3. The minimum absolute atomic E-state index is 0.153. The molecule has 0 heterocycles. The Bertz CT molecular complexity index is 432. The van der Waals surface area contributed by atoms with Crippen LogP contribution in [0, 0.1) is 10.8 Å². The molecule has 5 heteroatoms. The topological polar surface area (TPSA) is 61.8 Å². The molecule has 0 aliphatic rings. The Balaban J connectivity index is 3.30. The Hall–Kier alpha value is -0.780. The molecule has 0 radical (unpaired) electrons. The van der Waals surface area contributed by atoms with Crippen molar-refractivity contribution in [1.29, 1.82) is 0 Å². The second-order valence-electron chi connectivity index (χ2n) is 10.0. The fourth-order valence-electron chi connectivity index (χ4n) is 2.68. The summed E-state index contributed by atoms with van der Waals surface area (Å²) in [5.74, 6) is 0.324. The van der Waals surface area contributed by atoms with Gasteiger partial charge in [0.1, 0.15) is 11.6 Å². The molecule has 0 bridgehead atoms. The molecule has 172 valence electrons. The lowest BCUT2D eigenvalue weighted by molar-refractivity contribution is -0.129. The first-order valence-electron chi connectivity index (χ1n) is 11.3. The first-order valence-corrected chi connectivity index (χ1v) is 11.3. The van der Waals surface area contributed by atoms with Crippen LogP contribution in [0.25, 0.3) is 0 Å². The van der Waals surface area contributed by atoms with E-state index < -0.39 is 0 Å². The van der Waals surface area contributed by atoms with Gasteiger partial charge in [-0.15, -0.1) is 0 Å². The summed E-state index contributed by atoms with van der Waals surface area (Å²) in [5, 5.41) is 0. The van der Waals surface area contributed by atoms with Crippen LogP contribution < -0.4 is 0 Å². The van der Waals surface area contributed by atoms with Crippen LogP contribution in [0.5, 0.6) is 0 Å². The van der Waals surface area contributed by atoms with E-state index >= 15 is 0 Å². The average molecular weight is 415 g/mol. The molecule has 0 rings (SSSR count). The SMILES string of the molecule is CC(C)(C)CCCCOCCOCCOCCCCC(=O)CCC(=O)C(C)(C)C. The number of carbonyl (C=O) groups is 2. The predicted molar refractivity (Wildman–Crippen MR) is 118 cm³/mol. The summed E-state index contributed by atoms with van der Waals surface area (Å²) in [5.41, 5.74) is 0.0551. The van der Waals surface area contributed by atoms with Gasteiger partial charge in [0.15, 0.2) is 0 Å². The highest BCUT2D eigenvalue weighted by Gasteiger charge is 2.21. The number of unbranched alkanes of at least 4 members (excludes halogenated alkanes) is 2. The number of ether oxygens (including phenoxy) is 3. The Kier molecular flexibility index (Phi) is 15.6. The summed E-state index contributed by atoms with van der Waals surface area (Å²) in [6.07, 6.45) is 6.47. The molecular weight excluding hydrogens is 368 g/mol. The monoisotopic (exact) mass is 414 g/mol. The van der Waals surface area contributed by atoms with Crippen molar-refractivity contribution in [3.05, 3.63) is 0 Å². The molecule has 0 saturated carbocycles. The first-order chi connectivity index (χ1) is 13.5. The summed E-state index contributed by atoms with van der Waals surface area (Å²) in [4.78, 5) is 23.6. The van der Waals surface area contributed by atoms with Crippen LogP contribution in [0.1, 0.15) is 92.9 Å². The van der Waals surface area contributed by atoms with Crippen molar-refractivity contribution in [2.24, 2.45) is 10.8 Å². The number of carbonyl (C=O) groups excluding carboxylic acids is 2. The minimum Gasteiger partial charge on any atom is -0.379 e. The van der Waals surface area contributed by atoms with Crippen LogP contribution in [0.2, 0.25) is 0 Å². The Labute approximate surface area is 179 Å². The van der Waals surface area contributed by atoms with Gasteiger partial charge in [0.2, 0.25) is 0 Å². The Morgan fingerprint density at radius 3 is 1.55 bits per heavy atom. The van der Waals surface area contributed by atoms with E-state index in [-0.39, 0.29) is 17.0 Å². The van der Waals surface area contributed by atoms with Gasteiger partial charge in [0.05, 0.1) is 26.4 Å². The number of hydrogen-bond donors (Lipinski definition) is 0. The highest BCUT2D eigenvalue weighted by atomic mass is 16.5. The van der Waals surface area contributed by atoms with E-state index in [0.717, 1.165) is 25.9 Å². The molecule has 29 heavy (non-hydrogen) atoms. The zero-order valence-corrected chi connectivity index (χ0v) is 19.9. The van der Waals surface area contributed by atoms with Crippen molar-refractivity contribution in [2.75, 3.05) is 39.6 Å². The van der Waals surface area contributed by atoms with Crippen LogP contribution >= 0.6 is 0 Å². The maximum Gasteiger partial charge on any atom is 0.138 e. The highest BCUT2D eigenvalue weighted by molar-refractivity contribution is 5.88. The van der Waals surface area contributed by atoms with Crippen LogP contribution in [0.4, 0.5) is 0 Å². The smallest absolute Gasteiger partial charge is 0.138 e. The number of Topliss-reactive ketones (excluding diaryl/α,β-unsaturated/α-hetero) is 2. The fourth-order valence-corrected chi connectivity index (χ4v) is 2.68. The predicted octanol–water partition coefficient (Wildman–Crippen LogP) is 5.39. The van der Waals surface area contributed by atoms with Gasteiger partial charge in [0.25, 0.3) is 0 Å². The van der Waals surface area contributed by atoms with Gasteiger partial charge in [-0.3, -0.25) is 9.59 Å². The molecule has 0 aromatic heterocycles. The first kappa shape index (κ1) is 28.2. The van der Waals surface area contributed by atoms with Crippen molar-refractivity contribution in [2.45, 2.75) is 92.9 Å². The van der Waals surface area contributed by atoms with E-state index in [4.69, 9.17) is 14.2 Å². The standard InChI is InChI=1S/C24H46O5/c1-23(2,3)14-8-10-16-28-18-20-29-19-17-27-15-9-7-11-21(25)12-13-22(26)24(4,5)6/h7-20H2,1-6H3. The second kappa shape index (κ2) is 16.0. The summed E-state index contributed by atoms with van der Waals surface area (Å²) in [6, 6.07) is 0. The van der Waals surface area contributed by atoms with E-state index in [1.807, 2.05) is 20.8 Å². The molecule has 0 aromatic rings. The molecule has 0 amide bonds. The second-order valence-corrected chi connectivity index (χ2v) is 10.0. The van der Waals surface area contributed by atoms with Crippen LogP contribution in [-0.2, 0) is 23.8 Å². The Morgan fingerprint density at radius 2 is 1.07 bits per heavy atom. The maximum absolute atomic E-state index is 11.8. The fraction of sp³-hybridized carbons (Fsp3) is 0.917. The largest absolute Gasteiger partial charge is 0.379 e. The van der Waals surface area contributed by atoms with E-state index in [0.29, 0.717) is 57.7 Å². The molecule has 5 nitrogen and oxygen atoms in total. The van der Waals surface area contributed by atoms with Crippen molar-refractivity contribution in [3.8, 4) is 0 Å². The third-order valence-electron chi connectivity index (χ3n) is 4.67. The van der Waals surface area contributed by atoms with Gasteiger partial charge in [-0.25, -0.2) is 0 Å². The maximum atomic E-state index is 11.8. The Morgan fingerprint density at radius 1 is 0.586 bits per heavy atom. The molecule has 0 fully saturated rings. The quantitative estimate of drug-likeness (QED) is 0.282. The van der Waals surface area contributed by atoms with Crippen molar-refractivity contribution in [3.63, 3.8) is 0 Å². The normalized spacial score (nSPS) is 12.3. The van der Waals surface area contributed by atoms with E-state index in [9.17, 15) is 9.59 Å². The van der Waals surface area contributed by atoms with Gasteiger partial charge in [0, 0.05) is 37.9 Å². The number of rotatable bonds is 18. The minimum atomic E-state index is -0.353. The molecule has 0 aliphatic heterocycles. The average Bonchev–Trinajstić information content (AvgIpc) is 2.61. The number of ketones is 2. The highest BCUT2D eigenvalue weighted by Crippen LogP contribution is 2.21. The van der Waals surface area contributed by atoms with E-state index in [2.05, 4.69) is 20.8 Å². The molecule has 0 N–H and O–H groups in total. The lowest BCUT2D eigenvalue weighted by atomic mass is 9.87. The molecular formula is C24H46O5. The summed E-state index contributed by atoms with van der Waals surface area (Å²) in [7, 11) is 0. The van der Waals surface area contributed by atoms with Gasteiger partial charge in [-0.1, -0.05) is 48.0 Å². The zero-order chi connectivity index (χ0) is 22.2. The lowest BCUT2D eigenvalue weighted by Gasteiger charge is -2.17. The summed E-state index contributed by atoms with van der Waals surface area (Å²) >= 11 is 0. The molecule has 0 aromatic carbocycles. The van der Waals surface area contributed by atoms with E-state index in [1.165, 1.54) is 12.8 Å². The third kappa shape index (κ3) is 20.3. The van der Waals surface area contributed by atoms with Crippen molar-refractivity contribution in [1.82, 2.24) is 0 Å². The zero-order valence-electron chi connectivity index (χ0n) is 19.9. The molecule has 0 atom stereocenters.